The van der Waals surface area contributed by atoms with Gasteiger partial charge in [-0.25, -0.2) is 13.2 Å². The molecule has 0 aliphatic rings. The SMILES string of the molecule is Cc1ccc(N(C)S(=O)(=O)c2cccc(C(=O)OCC(=O)c3cccc(Cl)c3)c2)cc1. The van der Waals surface area contributed by atoms with Crippen molar-refractivity contribution in [2.75, 3.05) is 18.0 Å². The summed E-state index contributed by atoms with van der Waals surface area (Å²) in [4.78, 5) is 24.5. The van der Waals surface area contributed by atoms with E-state index in [0.717, 1.165) is 9.87 Å². The average molecular weight is 458 g/mol. The van der Waals surface area contributed by atoms with Crippen LogP contribution in [0, 0.1) is 6.92 Å². The Hall–Kier alpha value is -3.16. The van der Waals surface area contributed by atoms with Gasteiger partial charge in [0.25, 0.3) is 10.0 Å². The van der Waals surface area contributed by atoms with Gasteiger partial charge in [0.05, 0.1) is 16.1 Å². The fraction of sp³-hybridized carbons (Fsp3) is 0.130. The smallest absolute Gasteiger partial charge is 0.338 e. The maximum atomic E-state index is 13.0. The molecular weight excluding hydrogens is 438 g/mol. The van der Waals surface area contributed by atoms with Gasteiger partial charge in [0, 0.05) is 17.6 Å². The molecule has 0 unspecified atom stereocenters. The largest absolute Gasteiger partial charge is 0.454 e. The van der Waals surface area contributed by atoms with Crippen LogP contribution in [0.25, 0.3) is 0 Å². The van der Waals surface area contributed by atoms with Crippen LogP contribution in [0.2, 0.25) is 5.02 Å². The Bertz CT molecular complexity index is 1220. The number of carbonyl (C=O) groups excluding carboxylic acids is 2. The minimum Gasteiger partial charge on any atom is -0.454 e. The van der Waals surface area contributed by atoms with E-state index in [0.29, 0.717) is 16.3 Å². The van der Waals surface area contributed by atoms with Gasteiger partial charge in [-0.3, -0.25) is 9.10 Å². The number of hydrogen-bond donors (Lipinski definition) is 0. The van der Waals surface area contributed by atoms with Crippen molar-refractivity contribution in [3.63, 3.8) is 0 Å². The van der Waals surface area contributed by atoms with Crippen molar-refractivity contribution >= 4 is 39.1 Å². The molecule has 0 atom stereocenters. The third kappa shape index (κ3) is 5.31. The van der Waals surface area contributed by atoms with Gasteiger partial charge in [-0.15, -0.1) is 0 Å². The Morgan fingerprint density at radius 3 is 2.26 bits per heavy atom. The van der Waals surface area contributed by atoms with Crippen molar-refractivity contribution in [2.45, 2.75) is 11.8 Å². The molecule has 3 aromatic carbocycles. The second kappa shape index (κ2) is 9.32. The van der Waals surface area contributed by atoms with Crippen LogP contribution in [0.3, 0.4) is 0 Å². The Kier molecular flexibility index (Phi) is 6.77. The van der Waals surface area contributed by atoms with E-state index in [1.807, 2.05) is 19.1 Å². The molecule has 8 heteroatoms. The zero-order chi connectivity index (χ0) is 22.6. The van der Waals surface area contributed by atoms with E-state index in [2.05, 4.69) is 0 Å². The van der Waals surface area contributed by atoms with Crippen LogP contribution in [0.15, 0.2) is 77.7 Å². The number of esters is 1. The molecule has 0 aromatic heterocycles. The minimum atomic E-state index is -3.90. The fourth-order valence-electron chi connectivity index (χ4n) is 2.79. The van der Waals surface area contributed by atoms with E-state index in [9.17, 15) is 18.0 Å². The minimum absolute atomic E-state index is 0.0253. The van der Waals surface area contributed by atoms with Crippen molar-refractivity contribution in [1.82, 2.24) is 0 Å². The van der Waals surface area contributed by atoms with Crippen LogP contribution in [-0.4, -0.2) is 33.8 Å². The van der Waals surface area contributed by atoms with Crippen LogP contribution in [0.1, 0.15) is 26.3 Å². The van der Waals surface area contributed by atoms with Crippen molar-refractivity contribution in [3.05, 3.63) is 94.5 Å². The lowest BCUT2D eigenvalue weighted by Crippen LogP contribution is -2.26. The number of sulfonamides is 1. The third-order valence-electron chi connectivity index (χ3n) is 4.61. The first-order valence-corrected chi connectivity index (χ1v) is 11.1. The van der Waals surface area contributed by atoms with Gasteiger partial charge in [-0.1, -0.05) is 47.5 Å². The number of ether oxygens (including phenoxy) is 1. The Morgan fingerprint density at radius 1 is 0.935 bits per heavy atom. The number of Topliss-reactive ketones (excluding diaryl/α,β-unsaturated/α-hetero) is 1. The highest BCUT2D eigenvalue weighted by Gasteiger charge is 2.23. The number of hydrogen-bond acceptors (Lipinski definition) is 5. The standard InChI is InChI=1S/C23H20ClNO5S/c1-16-9-11-20(12-10-16)25(2)31(28,29)21-8-4-6-18(14-21)23(27)30-15-22(26)17-5-3-7-19(24)13-17/h3-14H,15H2,1-2H3. The zero-order valence-electron chi connectivity index (χ0n) is 16.9. The van der Waals surface area contributed by atoms with E-state index in [1.54, 1.807) is 30.3 Å². The summed E-state index contributed by atoms with van der Waals surface area (Å²) in [6.07, 6.45) is 0. The zero-order valence-corrected chi connectivity index (χ0v) is 18.5. The number of ketones is 1. The molecule has 6 nitrogen and oxygen atoms in total. The summed E-state index contributed by atoms with van der Waals surface area (Å²) in [7, 11) is -2.46. The van der Waals surface area contributed by atoms with Gasteiger partial charge in [-0.05, 0) is 49.4 Å². The Balaban J connectivity index is 1.75. The van der Waals surface area contributed by atoms with Crippen LogP contribution in [0.5, 0.6) is 0 Å². The van der Waals surface area contributed by atoms with Crippen LogP contribution < -0.4 is 4.31 Å². The lowest BCUT2D eigenvalue weighted by molar-refractivity contribution is 0.0474. The Labute approximate surface area is 186 Å². The molecule has 0 spiro atoms. The summed E-state index contributed by atoms with van der Waals surface area (Å²) in [6.45, 7) is 1.42. The molecule has 0 fully saturated rings. The van der Waals surface area contributed by atoms with E-state index in [-0.39, 0.29) is 10.5 Å². The molecule has 0 aliphatic heterocycles. The predicted octanol–water partition coefficient (Wildman–Crippen LogP) is 4.51. The van der Waals surface area contributed by atoms with Crippen molar-refractivity contribution in [1.29, 1.82) is 0 Å². The molecule has 0 bridgehead atoms. The summed E-state index contributed by atoms with van der Waals surface area (Å²) >= 11 is 5.86. The number of nitrogens with zero attached hydrogens (tertiary/aromatic N) is 1. The molecule has 31 heavy (non-hydrogen) atoms. The Morgan fingerprint density at radius 2 is 1.58 bits per heavy atom. The molecule has 0 heterocycles. The first-order valence-electron chi connectivity index (χ1n) is 9.30. The molecular formula is C23H20ClNO5S. The molecule has 3 rings (SSSR count). The van der Waals surface area contributed by atoms with Gasteiger partial charge in [0.1, 0.15) is 0 Å². The molecule has 0 amide bonds. The van der Waals surface area contributed by atoms with E-state index >= 15 is 0 Å². The van der Waals surface area contributed by atoms with Crippen molar-refractivity contribution in [3.8, 4) is 0 Å². The van der Waals surface area contributed by atoms with E-state index in [1.165, 1.54) is 37.4 Å². The van der Waals surface area contributed by atoms with Crippen LogP contribution >= 0.6 is 11.6 Å². The summed E-state index contributed by atoms with van der Waals surface area (Å²) < 4.78 is 32.2. The summed E-state index contributed by atoms with van der Waals surface area (Å²) in [6, 6.07) is 18.8. The van der Waals surface area contributed by atoms with Gasteiger partial charge in [0.2, 0.25) is 0 Å². The highest BCUT2D eigenvalue weighted by molar-refractivity contribution is 7.92. The molecule has 0 radical (unpaired) electrons. The summed E-state index contributed by atoms with van der Waals surface area (Å²) in [5, 5.41) is 0.396. The van der Waals surface area contributed by atoms with E-state index < -0.39 is 28.4 Å². The normalized spacial score (nSPS) is 11.1. The lowest BCUT2D eigenvalue weighted by Gasteiger charge is -2.20. The lowest BCUT2D eigenvalue weighted by atomic mass is 10.1. The highest BCUT2D eigenvalue weighted by Crippen LogP contribution is 2.23. The molecule has 0 saturated carbocycles. The topological polar surface area (TPSA) is 80.8 Å². The monoisotopic (exact) mass is 457 g/mol. The predicted molar refractivity (Wildman–Crippen MR) is 119 cm³/mol. The molecule has 0 N–H and O–H groups in total. The highest BCUT2D eigenvalue weighted by atomic mass is 35.5. The van der Waals surface area contributed by atoms with Crippen LogP contribution in [-0.2, 0) is 14.8 Å². The number of rotatable bonds is 7. The number of aryl methyl sites for hydroxylation is 1. The number of benzene rings is 3. The quantitative estimate of drug-likeness (QED) is 0.385. The van der Waals surface area contributed by atoms with Gasteiger partial charge in [0.15, 0.2) is 12.4 Å². The number of anilines is 1. The fourth-order valence-corrected chi connectivity index (χ4v) is 4.23. The molecule has 0 aliphatic carbocycles. The molecule has 0 saturated heterocycles. The second-order valence-electron chi connectivity index (χ2n) is 6.85. The van der Waals surface area contributed by atoms with Crippen molar-refractivity contribution in [2.24, 2.45) is 0 Å². The van der Waals surface area contributed by atoms with E-state index in [4.69, 9.17) is 16.3 Å². The molecule has 3 aromatic rings. The first-order chi connectivity index (χ1) is 14.7. The van der Waals surface area contributed by atoms with Gasteiger partial charge < -0.3 is 4.74 Å². The van der Waals surface area contributed by atoms with Gasteiger partial charge >= 0.3 is 5.97 Å². The van der Waals surface area contributed by atoms with Crippen molar-refractivity contribution < 1.29 is 22.7 Å². The first kappa shape index (κ1) is 22.5. The maximum absolute atomic E-state index is 13.0. The number of carbonyl (C=O) groups is 2. The number of halogens is 1. The maximum Gasteiger partial charge on any atom is 0.338 e. The second-order valence-corrected chi connectivity index (χ2v) is 9.25. The summed E-state index contributed by atoms with van der Waals surface area (Å²) in [5.41, 5.74) is 1.84. The summed E-state index contributed by atoms with van der Waals surface area (Å²) in [5.74, 6) is -1.22. The average Bonchev–Trinajstić information content (AvgIpc) is 2.77. The van der Waals surface area contributed by atoms with Gasteiger partial charge in [-0.2, -0.15) is 0 Å². The molecule has 160 valence electrons. The third-order valence-corrected chi connectivity index (χ3v) is 6.62. The van der Waals surface area contributed by atoms with Crippen LogP contribution in [0.4, 0.5) is 5.69 Å².